The third-order valence-electron chi connectivity index (χ3n) is 1.04. The van der Waals surface area contributed by atoms with Gasteiger partial charge < -0.3 is 0 Å². The zero-order valence-electron chi connectivity index (χ0n) is 4.95. The summed E-state index contributed by atoms with van der Waals surface area (Å²) in [6, 6.07) is 0. The Morgan fingerprint density at radius 3 is 3.22 bits per heavy atom. The van der Waals surface area contributed by atoms with Crippen molar-refractivity contribution >= 4 is 12.0 Å². The Morgan fingerprint density at radius 2 is 2.44 bits per heavy atom. The first kappa shape index (κ1) is 5.95. The van der Waals surface area contributed by atoms with Gasteiger partial charge in [-0.3, -0.25) is 9.79 Å². The number of carbonyl (C=O) groups is 1. The van der Waals surface area contributed by atoms with Crippen LogP contribution in [-0.2, 0) is 4.79 Å². The van der Waals surface area contributed by atoms with Crippen molar-refractivity contribution in [3.05, 3.63) is 24.4 Å². The Morgan fingerprint density at radius 1 is 1.56 bits per heavy atom. The highest BCUT2D eigenvalue weighted by molar-refractivity contribution is 6.28. The molecule has 0 aromatic rings. The van der Waals surface area contributed by atoms with E-state index in [0.717, 1.165) is 6.29 Å². The second kappa shape index (κ2) is 2.97. The number of hydrogen-bond donors (Lipinski definition) is 0. The Balaban J connectivity index is 2.73. The Labute approximate surface area is 53.6 Å². The van der Waals surface area contributed by atoms with Crippen LogP contribution in [-0.4, -0.2) is 12.0 Å². The molecule has 0 atom stereocenters. The lowest BCUT2D eigenvalue weighted by atomic mass is 10.3. The number of aliphatic imine (C=N–C) groups is 1. The Kier molecular flexibility index (Phi) is 1.96. The van der Waals surface area contributed by atoms with Crippen molar-refractivity contribution in [3.8, 4) is 0 Å². The van der Waals surface area contributed by atoms with Crippen LogP contribution in [0.2, 0.25) is 0 Å². The average molecular weight is 121 g/mol. The number of hydrogen-bond acceptors (Lipinski definition) is 2. The molecular weight excluding hydrogens is 114 g/mol. The standard InChI is InChI=1S/C7H7NO/c9-6-7-4-2-1-3-5-8-7/h1-3,5-6H,4H2. The van der Waals surface area contributed by atoms with Gasteiger partial charge in [0.2, 0.25) is 0 Å². The summed E-state index contributed by atoms with van der Waals surface area (Å²) in [6.45, 7) is 0. The number of aldehydes is 1. The monoisotopic (exact) mass is 121 g/mol. The van der Waals surface area contributed by atoms with Crippen LogP contribution in [0.15, 0.2) is 29.4 Å². The van der Waals surface area contributed by atoms with Gasteiger partial charge >= 0.3 is 0 Å². The smallest absolute Gasteiger partial charge is 0.164 e. The van der Waals surface area contributed by atoms with E-state index >= 15 is 0 Å². The lowest BCUT2D eigenvalue weighted by Crippen LogP contribution is -1.94. The van der Waals surface area contributed by atoms with Gasteiger partial charge in [-0.1, -0.05) is 12.2 Å². The molecular formula is C7H7NO. The third-order valence-corrected chi connectivity index (χ3v) is 1.04. The number of allylic oxidation sites excluding steroid dienone is 3. The normalized spacial score (nSPS) is 16.7. The summed E-state index contributed by atoms with van der Waals surface area (Å²) in [5.74, 6) is 0. The predicted octanol–water partition coefficient (Wildman–Crippen LogP) is 1.10. The van der Waals surface area contributed by atoms with E-state index in [-0.39, 0.29) is 0 Å². The Bertz CT molecular complexity index is 189. The number of rotatable bonds is 1. The molecule has 0 bridgehead atoms. The van der Waals surface area contributed by atoms with Gasteiger partial charge in [0, 0.05) is 12.6 Å². The molecule has 0 saturated heterocycles. The number of nitrogens with zero attached hydrogens (tertiary/aromatic N) is 1. The van der Waals surface area contributed by atoms with E-state index < -0.39 is 0 Å². The van der Waals surface area contributed by atoms with E-state index in [9.17, 15) is 4.79 Å². The molecule has 0 saturated carbocycles. The summed E-state index contributed by atoms with van der Waals surface area (Å²) in [6.07, 6.45) is 8.62. The van der Waals surface area contributed by atoms with Gasteiger partial charge in [0.25, 0.3) is 0 Å². The predicted molar refractivity (Wildman–Crippen MR) is 36.4 cm³/mol. The molecule has 1 aliphatic heterocycles. The summed E-state index contributed by atoms with van der Waals surface area (Å²) in [5, 5.41) is 0. The molecule has 9 heavy (non-hydrogen) atoms. The molecule has 2 heteroatoms. The zero-order valence-corrected chi connectivity index (χ0v) is 4.95. The first-order valence-electron chi connectivity index (χ1n) is 2.77. The van der Waals surface area contributed by atoms with Crippen molar-refractivity contribution in [2.24, 2.45) is 4.99 Å². The maximum Gasteiger partial charge on any atom is 0.164 e. The maximum atomic E-state index is 10.1. The zero-order chi connectivity index (χ0) is 6.53. The van der Waals surface area contributed by atoms with Crippen molar-refractivity contribution in [2.75, 3.05) is 0 Å². The molecule has 0 spiro atoms. The summed E-state index contributed by atoms with van der Waals surface area (Å²) < 4.78 is 0. The molecule has 0 N–H and O–H groups in total. The second-order valence-corrected chi connectivity index (χ2v) is 1.71. The Hall–Kier alpha value is -1.18. The molecule has 2 nitrogen and oxygen atoms in total. The summed E-state index contributed by atoms with van der Waals surface area (Å²) >= 11 is 0. The van der Waals surface area contributed by atoms with Gasteiger partial charge in [-0.05, 0) is 6.08 Å². The average Bonchev–Trinajstić information content (AvgIpc) is 2.13. The molecule has 0 aliphatic carbocycles. The van der Waals surface area contributed by atoms with Crippen LogP contribution in [0.5, 0.6) is 0 Å². The summed E-state index contributed by atoms with van der Waals surface area (Å²) in [5.41, 5.74) is 0.583. The van der Waals surface area contributed by atoms with Gasteiger partial charge in [0.05, 0.1) is 5.71 Å². The van der Waals surface area contributed by atoms with Crippen molar-refractivity contribution in [1.29, 1.82) is 0 Å². The fraction of sp³-hybridized carbons (Fsp3) is 0.143. The molecule has 46 valence electrons. The molecule has 1 rings (SSSR count). The van der Waals surface area contributed by atoms with Gasteiger partial charge in [-0.2, -0.15) is 0 Å². The minimum absolute atomic E-state index is 0.583. The topological polar surface area (TPSA) is 29.4 Å². The second-order valence-electron chi connectivity index (χ2n) is 1.71. The van der Waals surface area contributed by atoms with Crippen LogP contribution < -0.4 is 0 Å². The fourth-order valence-electron chi connectivity index (χ4n) is 0.587. The molecule has 0 aromatic carbocycles. The van der Waals surface area contributed by atoms with Crippen LogP contribution in [0.25, 0.3) is 0 Å². The highest BCUT2D eigenvalue weighted by Gasteiger charge is 1.91. The minimum atomic E-state index is 0.583. The van der Waals surface area contributed by atoms with Gasteiger partial charge in [-0.25, -0.2) is 0 Å². The van der Waals surface area contributed by atoms with Crippen molar-refractivity contribution in [1.82, 2.24) is 0 Å². The molecule has 0 radical (unpaired) electrons. The maximum absolute atomic E-state index is 10.1. The van der Waals surface area contributed by atoms with E-state index in [1.807, 2.05) is 12.2 Å². The van der Waals surface area contributed by atoms with Crippen molar-refractivity contribution in [3.63, 3.8) is 0 Å². The van der Waals surface area contributed by atoms with Crippen LogP contribution in [0.3, 0.4) is 0 Å². The van der Waals surface area contributed by atoms with E-state index in [4.69, 9.17) is 0 Å². The molecule has 0 unspecified atom stereocenters. The molecule has 0 amide bonds. The number of carbonyl (C=O) groups excluding carboxylic acids is 1. The van der Waals surface area contributed by atoms with E-state index in [1.165, 1.54) is 0 Å². The van der Waals surface area contributed by atoms with E-state index in [2.05, 4.69) is 4.99 Å². The summed E-state index contributed by atoms with van der Waals surface area (Å²) in [7, 11) is 0. The van der Waals surface area contributed by atoms with Crippen LogP contribution in [0.1, 0.15) is 6.42 Å². The molecule has 0 aromatic heterocycles. The first-order valence-corrected chi connectivity index (χ1v) is 2.77. The van der Waals surface area contributed by atoms with Gasteiger partial charge in [0.15, 0.2) is 6.29 Å². The summed E-state index contributed by atoms with van der Waals surface area (Å²) in [4.78, 5) is 14.0. The van der Waals surface area contributed by atoms with Crippen LogP contribution in [0.4, 0.5) is 0 Å². The third kappa shape index (κ3) is 1.64. The quantitative estimate of drug-likeness (QED) is 0.477. The van der Waals surface area contributed by atoms with Crippen molar-refractivity contribution in [2.45, 2.75) is 6.42 Å². The highest BCUT2D eigenvalue weighted by Crippen LogP contribution is 1.93. The lowest BCUT2D eigenvalue weighted by Gasteiger charge is -1.84. The molecule has 0 fully saturated rings. The van der Waals surface area contributed by atoms with Crippen molar-refractivity contribution < 1.29 is 4.79 Å². The SMILES string of the molecule is O=CC1=NC=CC=CC1. The largest absolute Gasteiger partial charge is 0.297 e. The van der Waals surface area contributed by atoms with Gasteiger partial charge in [0.1, 0.15) is 0 Å². The lowest BCUT2D eigenvalue weighted by molar-refractivity contribution is -0.102. The molecule has 1 heterocycles. The van der Waals surface area contributed by atoms with Gasteiger partial charge in [-0.15, -0.1) is 0 Å². The minimum Gasteiger partial charge on any atom is -0.297 e. The van der Waals surface area contributed by atoms with Crippen LogP contribution in [0, 0.1) is 0 Å². The highest BCUT2D eigenvalue weighted by atomic mass is 16.1. The first-order chi connectivity index (χ1) is 4.43. The van der Waals surface area contributed by atoms with E-state index in [0.29, 0.717) is 12.1 Å². The fourth-order valence-corrected chi connectivity index (χ4v) is 0.587. The van der Waals surface area contributed by atoms with Crippen LogP contribution >= 0.6 is 0 Å². The van der Waals surface area contributed by atoms with E-state index in [1.54, 1.807) is 12.3 Å². The molecule has 1 aliphatic rings.